The molecule has 2 aromatic heterocycles. The standard InChI is InChI=1S/C24H25N5O2/c1-5-17-6-7-18(27-22-10-16(4)25-13-26-22)11-19(17)28-23(30)12-20-24-15(3)8-14(2)9-21(24)31-29-20/h6-11,13H,5,12H2,1-4H3,(H,28,30)(H,25,26,27). The third-order valence-electron chi connectivity index (χ3n) is 5.16. The number of aryl methyl sites for hydroxylation is 4. The maximum Gasteiger partial charge on any atom is 0.230 e. The van der Waals surface area contributed by atoms with Gasteiger partial charge in [-0.3, -0.25) is 4.79 Å². The van der Waals surface area contributed by atoms with Gasteiger partial charge in [0.05, 0.1) is 6.42 Å². The Morgan fingerprint density at radius 2 is 1.90 bits per heavy atom. The van der Waals surface area contributed by atoms with E-state index < -0.39 is 0 Å². The molecular weight excluding hydrogens is 390 g/mol. The minimum absolute atomic E-state index is 0.139. The molecule has 4 aromatic rings. The van der Waals surface area contributed by atoms with Gasteiger partial charge in [0.15, 0.2) is 5.58 Å². The van der Waals surface area contributed by atoms with Crippen LogP contribution >= 0.6 is 0 Å². The van der Waals surface area contributed by atoms with Gasteiger partial charge in [0.2, 0.25) is 5.91 Å². The van der Waals surface area contributed by atoms with E-state index in [9.17, 15) is 4.79 Å². The summed E-state index contributed by atoms with van der Waals surface area (Å²) < 4.78 is 5.45. The molecule has 0 fully saturated rings. The van der Waals surface area contributed by atoms with Crippen LogP contribution in [-0.4, -0.2) is 21.0 Å². The maximum atomic E-state index is 12.9. The van der Waals surface area contributed by atoms with E-state index in [4.69, 9.17) is 4.52 Å². The van der Waals surface area contributed by atoms with E-state index >= 15 is 0 Å². The zero-order valence-electron chi connectivity index (χ0n) is 18.1. The van der Waals surface area contributed by atoms with Crippen LogP contribution < -0.4 is 10.6 Å². The van der Waals surface area contributed by atoms with Crippen LogP contribution in [0.15, 0.2) is 47.2 Å². The Balaban J connectivity index is 1.55. The largest absolute Gasteiger partial charge is 0.356 e. The molecule has 0 bridgehead atoms. The predicted octanol–water partition coefficient (Wildman–Crippen LogP) is 5.03. The summed E-state index contributed by atoms with van der Waals surface area (Å²) in [6.07, 6.45) is 2.46. The molecule has 158 valence electrons. The first-order valence-corrected chi connectivity index (χ1v) is 10.3. The third kappa shape index (κ3) is 4.55. The summed E-state index contributed by atoms with van der Waals surface area (Å²) in [6.45, 7) is 7.99. The summed E-state index contributed by atoms with van der Waals surface area (Å²) in [6, 6.07) is 11.8. The lowest BCUT2D eigenvalue weighted by Gasteiger charge is -2.13. The van der Waals surface area contributed by atoms with Crippen LogP contribution in [0.1, 0.15) is 35.0 Å². The monoisotopic (exact) mass is 415 g/mol. The molecule has 0 spiro atoms. The predicted molar refractivity (Wildman–Crippen MR) is 122 cm³/mol. The van der Waals surface area contributed by atoms with Gasteiger partial charge < -0.3 is 15.2 Å². The molecule has 2 heterocycles. The molecular formula is C24H25N5O2. The van der Waals surface area contributed by atoms with Crippen molar-refractivity contribution in [2.75, 3.05) is 10.6 Å². The highest BCUT2D eigenvalue weighted by Gasteiger charge is 2.16. The number of hydrogen-bond donors (Lipinski definition) is 2. The number of carbonyl (C=O) groups is 1. The molecule has 2 aromatic carbocycles. The van der Waals surface area contributed by atoms with E-state index in [0.29, 0.717) is 17.1 Å². The number of aromatic nitrogens is 3. The van der Waals surface area contributed by atoms with Crippen LogP contribution in [0.3, 0.4) is 0 Å². The van der Waals surface area contributed by atoms with Gasteiger partial charge in [-0.2, -0.15) is 0 Å². The number of nitrogens with one attached hydrogen (secondary N) is 2. The van der Waals surface area contributed by atoms with E-state index in [0.717, 1.165) is 45.6 Å². The van der Waals surface area contributed by atoms with E-state index in [2.05, 4.69) is 38.7 Å². The average Bonchev–Trinajstić information content (AvgIpc) is 3.10. The normalized spacial score (nSPS) is 11.0. The van der Waals surface area contributed by atoms with Crippen molar-refractivity contribution in [1.82, 2.24) is 15.1 Å². The number of benzene rings is 2. The molecule has 0 saturated carbocycles. The number of carbonyl (C=O) groups excluding carboxylic acids is 1. The molecule has 0 saturated heterocycles. The molecule has 4 rings (SSSR count). The second-order valence-corrected chi connectivity index (χ2v) is 7.70. The van der Waals surface area contributed by atoms with Crippen LogP contribution in [0, 0.1) is 20.8 Å². The first-order valence-electron chi connectivity index (χ1n) is 10.3. The van der Waals surface area contributed by atoms with Gasteiger partial charge in [-0.15, -0.1) is 0 Å². The first-order chi connectivity index (χ1) is 14.9. The third-order valence-corrected chi connectivity index (χ3v) is 5.16. The maximum absolute atomic E-state index is 12.9. The molecule has 0 radical (unpaired) electrons. The second kappa shape index (κ2) is 8.55. The van der Waals surface area contributed by atoms with Gasteiger partial charge in [0.25, 0.3) is 0 Å². The summed E-state index contributed by atoms with van der Waals surface area (Å²) in [7, 11) is 0. The number of nitrogens with zero attached hydrogens (tertiary/aromatic N) is 3. The van der Waals surface area contributed by atoms with Crippen molar-refractivity contribution in [1.29, 1.82) is 0 Å². The Morgan fingerprint density at radius 1 is 1.06 bits per heavy atom. The summed E-state index contributed by atoms with van der Waals surface area (Å²) in [4.78, 5) is 21.2. The van der Waals surface area contributed by atoms with Gasteiger partial charge in [-0.1, -0.05) is 24.2 Å². The average molecular weight is 415 g/mol. The molecule has 0 aliphatic rings. The summed E-state index contributed by atoms with van der Waals surface area (Å²) >= 11 is 0. The van der Waals surface area contributed by atoms with Crippen LogP contribution in [0.5, 0.6) is 0 Å². The summed E-state index contributed by atoms with van der Waals surface area (Å²) in [5.74, 6) is 0.564. The molecule has 31 heavy (non-hydrogen) atoms. The van der Waals surface area contributed by atoms with Crippen LogP contribution in [0.2, 0.25) is 0 Å². The van der Waals surface area contributed by atoms with Gasteiger partial charge in [0.1, 0.15) is 17.8 Å². The SMILES string of the molecule is CCc1ccc(Nc2cc(C)ncn2)cc1NC(=O)Cc1noc2cc(C)cc(C)c12. The Kier molecular flexibility index (Phi) is 5.66. The molecule has 0 aliphatic carbocycles. The highest BCUT2D eigenvalue weighted by atomic mass is 16.5. The van der Waals surface area contributed by atoms with E-state index in [1.165, 1.54) is 6.33 Å². The van der Waals surface area contributed by atoms with E-state index in [-0.39, 0.29) is 12.3 Å². The fourth-order valence-electron chi connectivity index (χ4n) is 3.74. The zero-order valence-corrected chi connectivity index (χ0v) is 18.1. The fraction of sp³-hybridized carbons (Fsp3) is 0.250. The number of anilines is 3. The number of rotatable bonds is 6. The van der Waals surface area contributed by atoms with Gasteiger partial charge >= 0.3 is 0 Å². The van der Waals surface area contributed by atoms with Crippen LogP contribution in [-0.2, 0) is 17.6 Å². The highest BCUT2D eigenvalue weighted by Crippen LogP contribution is 2.26. The van der Waals surface area contributed by atoms with Crippen LogP contribution in [0.25, 0.3) is 11.0 Å². The van der Waals surface area contributed by atoms with E-state index in [1.807, 2.05) is 51.1 Å². The summed E-state index contributed by atoms with van der Waals surface area (Å²) in [5.41, 5.74) is 7.05. The molecule has 0 atom stereocenters. The van der Waals surface area contributed by atoms with Crippen molar-refractivity contribution >= 4 is 34.1 Å². The van der Waals surface area contributed by atoms with Crippen molar-refractivity contribution in [3.63, 3.8) is 0 Å². The number of amides is 1. The quantitative estimate of drug-likeness (QED) is 0.459. The molecule has 2 N–H and O–H groups in total. The Labute approximate surface area is 180 Å². The van der Waals surface area contributed by atoms with Crippen molar-refractivity contribution in [3.05, 3.63) is 70.8 Å². The van der Waals surface area contributed by atoms with E-state index in [1.54, 1.807) is 0 Å². The summed E-state index contributed by atoms with van der Waals surface area (Å²) in [5, 5.41) is 11.4. The highest BCUT2D eigenvalue weighted by molar-refractivity contribution is 5.96. The first kappa shape index (κ1) is 20.5. The smallest absolute Gasteiger partial charge is 0.230 e. The lowest BCUT2D eigenvalue weighted by atomic mass is 10.0. The molecule has 0 aliphatic heterocycles. The van der Waals surface area contributed by atoms with Gasteiger partial charge in [-0.25, -0.2) is 9.97 Å². The minimum atomic E-state index is -0.139. The number of hydrogen-bond acceptors (Lipinski definition) is 6. The molecule has 7 heteroatoms. The molecule has 7 nitrogen and oxygen atoms in total. The van der Waals surface area contributed by atoms with Crippen LogP contribution in [0.4, 0.5) is 17.2 Å². The fourth-order valence-corrected chi connectivity index (χ4v) is 3.74. The molecule has 1 amide bonds. The zero-order chi connectivity index (χ0) is 22.0. The molecule has 0 unspecified atom stereocenters. The van der Waals surface area contributed by atoms with Crippen molar-refractivity contribution in [3.8, 4) is 0 Å². The van der Waals surface area contributed by atoms with Gasteiger partial charge in [0, 0.05) is 28.5 Å². The van der Waals surface area contributed by atoms with Crippen molar-refractivity contribution < 1.29 is 9.32 Å². The van der Waals surface area contributed by atoms with Gasteiger partial charge in [-0.05, 0) is 62.1 Å². The minimum Gasteiger partial charge on any atom is -0.356 e. The number of fused-ring (bicyclic) bond motifs is 1. The second-order valence-electron chi connectivity index (χ2n) is 7.70. The van der Waals surface area contributed by atoms with Crippen molar-refractivity contribution in [2.24, 2.45) is 0 Å². The Morgan fingerprint density at radius 3 is 2.68 bits per heavy atom. The lowest BCUT2D eigenvalue weighted by Crippen LogP contribution is -2.16. The Bertz CT molecular complexity index is 1260. The topological polar surface area (TPSA) is 92.9 Å². The van der Waals surface area contributed by atoms with Crippen molar-refractivity contribution in [2.45, 2.75) is 40.5 Å². The Hall–Kier alpha value is -3.74. The lowest BCUT2D eigenvalue weighted by molar-refractivity contribution is -0.115.